The van der Waals surface area contributed by atoms with E-state index in [-0.39, 0.29) is 0 Å². The van der Waals surface area contributed by atoms with Gasteiger partial charge in [-0.05, 0) is 28.1 Å². The average Bonchev–Trinajstić information content (AvgIpc) is 2.47. The highest BCUT2D eigenvalue weighted by molar-refractivity contribution is 9.10. The fourth-order valence-electron chi connectivity index (χ4n) is 1.17. The van der Waals surface area contributed by atoms with Gasteiger partial charge in [-0.1, -0.05) is 11.6 Å². The molecule has 1 aromatic heterocycles. The topological polar surface area (TPSA) is 17.1 Å². The van der Waals surface area contributed by atoms with Crippen molar-refractivity contribution in [2.45, 2.75) is 0 Å². The van der Waals surface area contributed by atoms with Crippen molar-refractivity contribution >= 4 is 55.2 Å². The van der Waals surface area contributed by atoms with Gasteiger partial charge < -0.3 is 0 Å². The van der Waals surface area contributed by atoms with Gasteiger partial charge in [-0.25, -0.2) is 0 Å². The highest BCUT2D eigenvalue weighted by Crippen LogP contribution is 2.34. The van der Waals surface area contributed by atoms with E-state index in [1.165, 1.54) is 11.3 Å². The van der Waals surface area contributed by atoms with Crippen LogP contribution in [0.5, 0.6) is 0 Å². The zero-order valence-electron chi connectivity index (χ0n) is 6.38. The Kier molecular flexibility index (Phi) is 2.41. The standard InChI is InChI=1S/C9H4BrClOS/c10-8-2-6(11)1-7-5(3-12)4-13-9(7)8/h1-4H. The van der Waals surface area contributed by atoms with E-state index >= 15 is 0 Å². The molecule has 0 aliphatic rings. The molecular weight excluding hydrogens is 272 g/mol. The molecule has 4 heteroatoms. The molecule has 0 aliphatic carbocycles. The second-order valence-electron chi connectivity index (χ2n) is 2.57. The normalized spacial score (nSPS) is 10.6. The van der Waals surface area contributed by atoms with Gasteiger partial charge in [-0.3, -0.25) is 4.79 Å². The summed E-state index contributed by atoms with van der Waals surface area (Å²) in [4.78, 5) is 10.7. The van der Waals surface area contributed by atoms with Crippen LogP contribution in [-0.4, -0.2) is 6.29 Å². The van der Waals surface area contributed by atoms with Crippen LogP contribution in [0.3, 0.4) is 0 Å². The molecular formula is C9H4BrClOS. The van der Waals surface area contributed by atoms with Gasteiger partial charge in [0.25, 0.3) is 0 Å². The van der Waals surface area contributed by atoms with Crippen LogP contribution >= 0.6 is 38.9 Å². The van der Waals surface area contributed by atoms with Gasteiger partial charge in [0.2, 0.25) is 0 Å². The third kappa shape index (κ3) is 1.52. The minimum Gasteiger partial charge on any atom is -0.298 e. The third-order valence-electron chi connectivity index (χ3n) is 1.75. The van der Waals surface area contributed by atoms with Crippen LogP contribution in [0.25, 0.3) is 10.1 Å². The second kappa shape index (κ2) is 3.40. The molecule has 0 saturated carbocycles. The van der Waals surface area contributed by atoms with Crippen molar-refractivity contribution in [3.05, 3.63) is 32.6 Å². The molecule has 0 bridgehead atoms. The summed E-state index contributed by atoms with van der Waals surface area (Å²) in [6, 6.07) is 3.64. The van der Waals surface area contributed by atoms with Crippen LogP contribution in [0.2, 0.25) is 5.02 Å². The number of thiophene rings is 1. The Morgan fingerprint density at radius 2 is 2.23 bits per heavy atom. The maximum atomic E-state index is 10.7. The summed E-state index contributed by atoms with van der Waals surface area (Å²) in [5, 5.41) is 3.39. The molecule has 0 radical (unpaired) electrons. The number of aldehydes is 1. The molecule has 1 heterocycles. The molecule has 0 N–H and O–H groups in total. The summed E-state index contributed by atoms with van der Waals surface area (Å²) in [6.07, 6.45) is 0.849. The minimum absolute atomic E-state index is 0.640. The molecule has 66 valence electrons. The van der Waals surface area contributed by atoms with Crippen LogP contribution in [0.1, 0.15) is 10.4 Å². The van der Waals surface area contributed by atoms with E-state index in [4.69, 9.17) is 11.6 Å². The summed E-state index contributed by atoms with van der Waals surface area (Å²) in [6.45, 7) is 0. The molecule has 0 unspecified atom stereocenters. The number of hydrogen-bond donors (Lipinski definition) is 0. The lowest BCUT2D eigenvalue weighted by atomic mass is 10.2. The van der Waals surface area contributed by atoms with Crippen LogP contribution in [0.4, 0.5) is 0 Å². The van der Waals surface area contributed by atoms with Gasteiger partial charge in [0.1, 0.15) is 0 Å². The van der Waals surface area contributed by atoms with Crippen LogP contribution < -0.4 is 0 Å². The van der Waals surface area contributed by atoms with Crippen LogP contribution in [0.15, 0.2) is 22.0 Å². The second-order valence-corrected chi connectivity index (χ2v) is 4.74. The Bertz CT molecular complexity index is 478. The summed E-state index contributed by atoms with van der Waals surface area (Å²) in [7, 11) is 0. The van der Waals surface area contributed by atoms with E-state index in [9.17, 15) is 4.79 Å². The van der Waals surface area contributed by atoms with E-state index in [0.29, 0.717) is 10.6 Å². The monoisotopic (exact) mass is 274 g/mol. The quantitative estimate of drug-likeness (QED) is 0.715. The van der Waals surface area contributed by atoms with Crippen molar-refractivity contribution in [3.8, 4) is 0 Å². The van der Waals surface area contributed by atoms with Crippen molar-refractivity contribution < 1.29 is 4.79 Å². The zero-order chi connectivity index (χ0) is 9.42. The number of carbonyl (C=O) groups is 1. The molecule has 1 nitrogen and oxygen atoms in total. The van der Waals surface area contributed by atoms with Crippen LogP contribution in [-0.2, 0) is 0 Å². The van der Waals surface area contributed by atoms with Crippen LogP contribution in [0, 0.1) is 0 Å². The molecule has 2 rings (SSSR count). The molecule has 2 aromatic rings. The van der Waals surface area contributed by atoms with E-state index in [1.54, 1.807) is 0 Å². The first-order valence-corrected chi connectivity index (χ1v) is 5.59. The zero-order valence-corrected chi connectivity index (χ0v) is 9.54. The molecule has 1 aromatic carbocycles. The first-order chi connectivity index (χ1) is 6.22. The number of rotatable bonds is 1. The van der Waals surface area contributed by atoms with Crippen molar-refractivity contribution in [2.24, 2.45) is 0 Å². The Hall–Kier alpha value is -0.380. The molecule has 0 saturated heterocycles. The lowest BCUT2D eigenvalue weighted by molar-refractivity contribution is 0.112. The molecule has 0 atom stereocenters. The molecule has 0 fully saturated rings. The Balaban J connectivity index is 2.89. The van der Waals surface area contributed by atoms with Crippen molar-refractivity contribution in [3.63, 3.8) is 0 Å². The fourth-order valence-corrected chi connectivity index (χ4v) is 3.16. The first kappa shape index (κ1) is 9.19. The smallest absolute Gasteiger partial charge is 0.151 e. The summed E-state index contributed by atoms with van der Waals surface area (Å²) < 4.78 is 2.00. The number of carbonyl (C=O) groups excluding carboxylic acids is 1. The third-order valence-corrected chi connectivity index (χ3v) is 3.90. The maximum Gasteiger partial charge on any atom is 0.151 e. The number of benzene rings is 1. The Labute approximate surface area is 92.5 Å². The Morgan fingerprint density at radius 3 is 2.92 bits per heavy atom. The first-order valence-electron chi connectivity index (χ1n) is 3.54. The molecule has 0 aliphatic heterocycles. The van der Waals surface area contributed by atoms with Crippen molar-refractivity contribution in [2.75, 3.05) is 0 Å². The van der Waals surface area contributed by atoms with Crippen molar-refractivity contribution in [1.82, 2.24) is 0 Å². The van der Waals surface area contributed by atoms with E-state index in [1.807, 2.05) is 17.5 Å². The minimum atomic E-state index is 0.640. The van der Waals surface area contributed by atoms with E-state index in [0.717, 1.165) is 20.8 Å². The number of fused-ring (bicyclic) bond motifs is 1. The highest BCUT2D eigenvalue weighted by Gasteiger charge is 2.07. The number of hydrogen-bond acceptors (Lipinski definition) is 2. The summed E-state index contributed by atoms with van der Waals surface area (Å²) in [5.74, 6) is 0. The predicted octanol–water partition coefficient (Wildman–Crippen LogP) is 4.13. The van der Waals surface area contributed by atoms with Gasteiger partial charge in [-0.2, -0.15) is 0 Å². The fraction of sp³-hybridized carbons (Fsp3) is 0. The predicted molar refractivity (Wildman–Crippen MR) is 59.9 cm³/mol. The van der Waals surface area contributed by atoms with Gasteiger partial charge in [0, 0.05) is 30.5 Å². The van der Waals surface area contributed by atoms with E-state index < -0.39 is 0 Å². The highest BCUT2D eigenvalue weighted by atomic mass is 79.9. The lowest BCUT2D eigenvalue weighted by Crippen LogP contribution is -1.75. The Morgan fingerprint density at radius 1 is 1.46 bits per heavy atom. The number of halogens is 2. The van der Waals surface area contributed by atoms with Crippen molar-refractivity contribution in [1.29, 1.82) is 0 Å². The van der Waals surface area contributed by atoms with Gasteiger partial charge >= 0.3 is 0 Å². The van der Waals surface area contributed by atoms with Gasteiger partial charge in [0.15, 0.2) is 6.29 Å². The largest absolute Gasteiger partial charge is 0.298 e. The lowest BCUT2D eigenvalue weighted by Gasteiger charge is -1.95. The van der Waals surface area contributed by atoms with E-state index in [2.05, 4.69) is 15.9 Å². The average molecular weight is 276 g/mol. The molecule has 13 heavy (non-hydrogen) atoms. The summed E-state index contributed by atoms with van der Waals surface area (Å²) in [5.41, 5.74) is 0.697. The van der Waals surface area contributed by atoms with Gasteiger partial charge in [0.05, 0.1) is 0 Å². The molecule has 0 amide bonds. The summed E-state index contributed by atoms with van der Waals surface area (Å²) >= 11 is 10.8. The maximum absolute atomic E-state index is 10.7. The SMILES string of the molecule is O=Cc1csc2c(Br)cc(Cl)cc12. The van der Waals surface area contributed by atoms with Gasteiger partial charge in [-0.15, -0.1) is 11.3 Å². The molecule has 0 spiro atoms.